The molecule has 5 heteroatoms. The predicted molar refractivity (Wildman–Crippen MR) is 85.0 cm³/mol. The van der Waals surface area contributed by atoms with Crippen LogP contribution in [0.5, 0.6) is 0 Å². The van der Waals surface area contributed by atoms with E-state index < -0.39 is 9.84 Å². The van der Waals surface area contributed by atoms with Crippen LogP contribution in [0.25, 0.3) is 0 Å². The maximum Gasteiger partial charge on any atom is 0.179 e. The quantitative estimate of drug-likeness (QED) is 0.799. The molecule has 1 fully saturated rings. The molecule has 0 aromatic heterocycles. The Morgan fingerprint density at radius 2 is 1.86 bits per heavy atom. The number of rotatable bonds is 4. The molecule has 0 bridgehead atoms. The van der Waals surface area contributed by atoms with E-state index in [1.165, 1.54) is 6.07 Å². The Morgan fingerprint density at radius 3 is 2.50 bits per heavy atom. The van der Waals surface area contributed by atoms with Crippen LogP contribution in [-0.4, -0.2) is 38.7 Å². The predicted octanol–water partition coefficient (Wildman–Crippen LogP) is 2.23. The van der Waals surface area contributed by atoms with Crippen molar-refractivity contribution in [2.24, 2.45) is 11.8 Å². The zero-order valence-corrected chi connectivity index (χ0v) is 13.3. The van der Waals surface area contributed by atoms with Gasteiger partial charge in [0.1, 0.15) is 0 Å². The van der Waals surface area contributed by atoms with Gasteiger partial charge in [0.25, 0.3) is 0 Å². The van der Waals surface area contributed by atoms with E-state index in [-0.39, 0.29) is 10.6 Å². The molecule has 0 spiro atoms. The monoisotopic (exact) mass is 316 g/mol. The van der Waals surface area contributed by atoms with Gasteiger partial charge in [-0.05, 0) is 42.9 Å². The number of nitriles is 1. The topological polar surface area (TPSA) is 61.2 Å². The second-order valence-corrected chi connectivity index (χ2v) is 8.29. The summed E-state index contributed by atoms with van der Waals surface area (Å²) in [6, 6.07) is 8.27. The summed E-state index contributed by atoms with van der Waals surface area (Å²) >= 11 is 0. The fourth-order valence-electron chi connectivity index (χ4n) is 3.42. The van der Waals surface area contributed by atoms with Gasteiger partial charge in [0.2, 0.25) is 0 Å². The van der Waals surface area contributed by atoms with Gasteiger partial charge < -0.3 is 4.90 Å². The molecule has 1 aromatic carbocycles. The molecule has 0 radical (unpaired) electrons. The van der Waals surface area contributed by atoms with Gasteiger partial charge in [0, 0.05) is 19.6 Å². The van der Waals surface area contributed by atoms with Gasteiger partial charge in [-0.2, -0.15) is 5.26 Å². The molecule has 2 unspecified atom stereocenters. The van der Waals surface area contributed by atoms with E-state index in [1.54, 1.807) is 18.2 Å². The molecule has 1 aromatic rings. The number of fused-ring (bicyclic) bond motifs is 1. The molecular weight excluding hydrogens is 296 g/mol. The van der Waals surface area contributed by atoms with Crippen LogP contribution < -0.4 is 0 Å². The highest BCUT2D eigenvalue weighted by Crippen LogP contribution is 2.32. The van der Waals surface area contributed by atoms with Gasteiger partial charge in [-0.1, -0.05) is 18.2 Å². The maximum absolute atomic E-state index is 12.4. The molecule has 4 nitrogen and oxygen atoms in total. The third kappa shape index (κ3) is 3.23. The van der Waals surface area contributed by atoms with Crippen molar-refractivity contribution in [3.05, 3.63) is 42.0 Å². The molecule has 2 aliphatic rings. The number of hydrogen-bond acceptors (Lipinski definition) is 4. The van der Waals surface area contributed by atoms with Crippen molar-refractivity contribution in [3.8, 4) is 6.07 Å². The first kappa shape index (κ1) is 15.3. The fourth-order valence-corrected chi connectivity index (χ4v) is 4.75. The Labute approximate surface area is 132 Å². The smallest absolute Gasteiger partial charge is 0.179 e. The van der Waals surface area contributed by atoms with Crippen molar-refractivity contribution in [2.45, 2.75) is 17.7 Å². The molecular formula is C17H20N2O2S. The Balaban J connectivity index is 1.62. The highest BCUT2D eigenvalue weighted by atomic mass is 32.2. The summed E-state index contributed by atoms with van der Waals surface area (Å²) < 4.78 is 24.8. The van der Waals surface area contributed by atoms with Gasteiger partial charge in [0.05, 0.1) is 22.3 Å². The van der Waals surface area contributed by atoms with Gasteiger partial charge >= 0.3 is 0 Å². The largest absolute Gasteiger partial charge is 0.302 e. The molecule has 0 N–H and O–H groups in total. The number of likely N-dealkylation sites (tertiary alicyclic amines) is 1. The first-order valence-electron chi connectivity index (χ1n) is 7.69. The average Bonchev–Trinajstić information content (AvgIpc) is 2.96. The number of allylic oxidation sites excluding steroid dienone is 2. The van der Waals surface area contributed by atoms with Gasteiger partial charge in [-0.25, -0.2) is 8.42 Å². The molecule has 1 aliphatic carbocycles. The van der Waals surface area contributed by atoms with Crippen molar-refractivity contribution >= 4 is 9.84 Å². The Morgan fingerprint density at radius 1 is 1.18 bits per heavy atom. The molecule has 0 saturated carbocycles. The number of sulfone groups is 1. The van der Waals surface area contributed by atoms with E-state index in [0.29, 0.717) is 23.9 Å². The van der Waals surface area contributed by atoms with E-state index in [0.717, 1.165) is 25.9 Å². The summed E-state index contributed by atoms with van der Waals surface area (Å²) in [6.07, 6.45) is 6.74. The van der Waals surface area contributed by atoms with Crippen molar-refractivity contribution in [2.75, 3.05) is 25.4 Å². The van der Waals surface area contributed by atoms with Crippen molar-refractivity contribution in [1.29, 1.82) is 5.26 Å². The minimum Gasteiger partial charge on any atom is -0.302 e. The summed E-state index contributed by atoms with van der Waals surface area (Å²) in [7, 11) is -3.32. The van der Waals surface area contributed by atoms with Crippen molar-refractivity contribution < 1.29 is 8.42 Å². The van der Waals surface area contributed by atoms with Crippen LogP contribution in [0.2, 0.25) is 0 Å². The Bertz CT molecular complexity index is 702. The zero-order chi connectivity index (χ0) is 15.6. The summed E-state index contributed by atoms with van der Waals surface area (Å²) in [5.74, 6) is 1.50. The highest BCUT2D eigenvalue weighted by Gasteiger charge is 2.33. The molecule has 0 amide bonds. The standard InChI is InChI=1S/C17H20N2O2S/c18-11-14-4-3-7-17(10-14)22(20,21)9-8-19-12-15-5-1-2-6-16(15)13-19/h1-4,7,10,15-16H,5-6,8-9,12-13H2. The minimum absolute atomic E-state index is 0.120. The van der Waals surface area contributed by atoms with Gasteiger partial charge in [-0.15, -0.1) is 0 Å². The molecule has 1 saturated heterocycles. The normalized spacial score (nSPS) is 24.9. The fraction of sp³-hybridized carbons (Fsp3) is 0.471. The summed E-state index contributed by atoms with van der Waals surface area (Å²) in [6.45, 7) is 2.58. The van der Waals surface area contributed by atoms with E-state index in [1.807, 2.05) is 6.07 Å². The first-order chi connectivity index (χ1) is 10.6. The van der Waals surface area contributed by atoms with E-state index in [9.17, 15) is 8.42 Å². The molecule has 1 heterocycles. The number of nitrogens with zero attached hydrogens (tertiary/aromatic N) is 2. The Kier molecular flexibility index (Phi) is 4.32. The third-order valence-corrected chi connectivity index (χ3v) is 6.39. The van der Waals surface area contributed by atoms with Crippen LogP contribution in [-0.2, 0) is 9.84 Å². The zero-order valence-electron chi connectivity index (χ0n) is 12.5. The van der Waals surface area contributed by atoms with Crippen LogP contribution in [0.1, 0.15) is 18.4 Å². The lowest BCUT2D eigenvalue weighted by Crippen LogP contribution is -2.27. The second kappa shape index (κ2) is 6.23. The summed E-state index contributed by atoms with van der Waals surface area (Å²) in [4.78, 5) is 2.53. The van der Waals surface area contributed by atoms with Gasteiger partial charge in [0.15, 0.2) is 9.84 Å². The highest BCUT2D eigenvalue weighted by molar-refractivity contribution is 7.91. The SMILES string of the molecule is N#Cc1cccc(S(=O)(=O)CCN2CC3CC=CCC3C2)c1. The summed E-state index contributed by atoms with van der Waals surface area (Å²) in [5.41, 5.74) is 0.388. The molecule has 116 valence electrons. The van der Waals surface area contributed by atoms with Crippen LogP contribution in [0.4, 0.5) is 0 Å². The molecule has 1 aliphatic heterocycles. The number of benzene rings is 1. The summed E-state index contributed by atoms with van der Waals surface area (Å²) in [5, 5.41) is 8.89. The van der Waals surface area contributed by atoms with E-state index in [2.05, 4.69) is 17.1 Å². The molecule has 2 atom stereocenters. The average molecular weight is 316 g/mol. The van der Waals surface area contributed by atoms with Crippen molar-refractivity contribution in [3.63, 3.8) is 0 Å². The first-order valence-corrected chi connectivity index (χ1v) is 9.34. The lowest BCUT2D eigenvalue weighted by molar-refractivity contribution is 0.340. The molecule has 3 rings (SSSR count). The van der Waals surface area contributed by atoms with Gasteiger partial charge in [-0.3, -0.25) is 0 Å². The Hall–Kier alpha value is -1.64. The van der Waals surface area contributed by atoms with Crippen LogP contribution in [0.15, 0.2) is 41.3 Å². The lowest BCUT2D eigenvalue weighted by atomic mass is 9.86. The van der Waals surface area contributed by atoms with Crippen molar-refractivity contribution in [1.82, 2.24) is 4.90 Å². The molecule has 22 heavy (non-hydrogen) atoms. The van der Waals surface area contributed by atoms with E-state index in [4.69, 9.17) is 5.26 Å². The second-order valence-electron chi connectivity index (χ2n) is 6.18. The minimum atomic E-state index is -3.32. The van der Waals surface area contributed by atoms with Crippen LogP contribution in [0, 0.1) is 23.2 Å². The van der Waals surface area contributed by atoms with E-state index >= 15 is 0 Å². The van der Waals surface area contributed by atoms with Crippen LogP contribution >= 0.6 is 0 Å². The number of hydrogen-bond donors (Lipinski definition) is 0. The maximum atomic E-state index is 12.4. The third-order valence-electron chi connectivity index (χ3n) is 4.69. The van der Waals surface area contributed by atoms with Crippen LogP contribution in [0.3, 0.4) is 0 Å². The lowest BCUT2D eigenvalue weighted by Gasteiger charge is -2.18.